The Kier molecular flexibility index (Phi) is 7.61. The lowest BCUT2D eigenvalue weighted by Crippen LogP contribution is -2.23. The number of hydrogen-bond donors (Lipinski definition) is 1. The highest BCUT2D eigenvalue weighted by atomic mass is 16.6. The molecule has 1 N–H and O–H groups in total. The van der Waals surface area contributed by atoms with Gasteiger partial charge >= 0.3 is 5.76 Å². The van der Waals surface area contributed by atoms with E-state index in [1.165, 1.54) is 22.8 Å². The van der Waals surface area contributed by atoms with E-state index in [-0.39, 0.29) is 30.1 Å². The monoisotopic (exact) mass is 442 g/mol. The number of aryl methyl sites for hydroxylation is 1. The largest absolute Gasteiger partial charge is 0.492 e. The fourth-order valence-corrected chi connectivity index (χ4v) is 3.12. The van der Waals surface area contributed by atoms with Gasteiger partial charge in [0.05, 0.1) is 16.5 Å². The minimum atomic E-state index is -0.603. The first kappa shape index (κ1) is 23.0. The normalized spacial score (nSPS) is 11.1. The van der Waals surface area contributed by atoms with Crippen molar-refractivity contribution in [2.75, 3.05) is 27.2 Å². The quantitative estimate of drug-likeness (QED) is 0.358. The number of ether oxygens (including phenoxy) is 1. The van der Waals surface area contributed by atoms with Gasteiger partial charge in [0.1, 0.15) is 12.4 Å². The smallest absolute Gasteiger partial charge is 0.419 e. The molecule has 0 saturated carbocycles. The van der Waals surface area contributed by atoms with E-state index in [0.717, 1.165) is 17.9 Å². The summed E-state index contributed by atoms with van der Waals surface area (Å²) in [5, 5.41) is 13.7. The van der Waals surface area contributed by atoms with Crippen LogP contribution in [0.25, 0.3) is 11.1 Å². The van der Waals surface area contributed by atoms with Gasteiger partial charge in [0.15, 0.2) is 5.58 Å². The molecule has 0 unspecified atom stereocenters. The summed E-state index contributed by atoms with van der Waals surface area (Å²) < 4.78 is 12.1. The lowest BCUT2D eigenvalue weighted by atomic mass is 10.2. The van der Waals surface area contributed by atoms with E-state index in [9.17, 15) is 19.7 Å². The first-order valence-corrected chi connectivity index (χ1v) is 10.2. The maximum atomic E-state index is 12.2. The molecular weight excluding hydrogens is 416 g/mol. The molecule has 0 aliphatic rings. The summed E-state index contributed by atoms with van der Waals surface area (Å²) in [7, 11) is 3.97. The van der Waals surface area contributed by atoms with Crippen LogP contribution in [-0.2, 0) is 17.9 Å². The summed E-state index contributed by atoms with van der Waals surface area (Å²) in [6.07, 6.45) is 0.661. The maximum absolute atomic E-state index is 12.2. The number of oxazole rings is 1. The second kappa shape index (κ2) is 10.6. The van der Waals surface area contributed by atoms with Crippen LogP contribution >= 0.6 is 0 Å². The second-order valence-electron chi connectivity index (χ2n) is 7.60. The van der Waals surface area contributed by atoms with E-state index < -0.39 is 10.7 Å². The molecule has 0 radical (unpaired) electrons. The summed E-state index contributed by atoms with van der Waals surface area (Å²) in [5.41, 5.74) is 1.43. The molecule has 170 valence electrons. The van der Waals surface area contributed by atoms with Crippen molar-refractivity contribution in [3.8, 4) is 5.75 Å². The van der Waals surface area contributed by atoms with Crippen LogP contribution in [0, 0.1) is 10.1 Å². The van der Waals surface area contributed by atoms with Gasteiger partial charge in [-0.15, -0.1) is 0 Å². The van der Waals surface area contributed by atoms with E-state index in [1.54, 1.807) is 0 Å². The molecule has 1 amide bonds. The third kappa shape index (κ3) is 6.17. The number of non-ortho nitro benzene ring substituents is 1. The standard InChI is InChI=1S/C22H26N4O6/c1-24(2)12-13-31-18-8-5-16(6-9-18)15-23-21(27)4-3-11-25-19-10-7-17(26(29)30)14-20(19)32-22(25)28/h5-10,14H,3-4,11-13,15H2,1-2H3,(H,23,27). The molecule has 0 fully saturated rings. The SMILES string of the molecule is CN(C)CCOc1ccc(CNC(=O)CCCn2c(=O)oc3cc([N+](=O)[O-])ccc32)cc1. The number of fused-ring (bicyclic) bond motifs is 1. The number of carbonyl (C=O) groups excluding carboxylic acids is 1. The fourth-order valence-electron chi connectivity index (χ4n) is 3.12. The van der Waals surface area contributed by atoms with Gasteiger partial charge in [-0.3, -0.25) is 19.5 Å². The molecule has 0 aliphatic heterocycles. The van der Waals surface area contributed by atoms with Gasteiger partial charge in [-0.25, -0.2) is 4.79 Å². The first-order valence-electron chi connectivity index (χ1n) is 10.2. The van der Waals surface area contributed by atoms with Gasteiger partial charge in [0.25, 0.3) is 5.69 Å². The van der Waals surface area contributed by atoms with Crippen molar-refractivity contribution in [2.45, 2.75) is 25.9 Å². The van der Waals surface area contributed by atoms with E-state index in [2.05, 4.69) is 5.32 Å². The third-order valence-corrected chi connectivity index (χ3v) is 4.87. The Morgan fingerprint density at radius 1 is 1.22 bits per heavy atom. The van der Waals surface area contributed by atoms with E-state index in [1.807, 2.05) is 43.3 Å². The summed E-state index contributed by atoms with van der Waals surface area (Å²) >= 11 is 0. The maximum Gasteiger partial charge on any atom is 0.419 e. The Hall–Kier alpha value is -3.66. The number of nitrogens with one attached hydrogen (secondary N) is 1. The highest BCUT2D eigenvalue weighted by Gasteiger charge is 2.14. The predicted molar refractivity (Wildman–Crippen MR) is 119 cm³/mol. The van der Waals surface area contributed by atoms with Crippen LogP contribution in [-0.4, -0.2) is 47.5 Å². The van der Waals surface area contributed by atoms with Gasteiger partial charge < -0.3 is 19.4 Å². The molecule has 2 aromatic carbocycles. The zero-order valence-corrected chi connectivity index (χ0v) is 18.1. The number of rotatable bonds is 11. The van der Waals surface area contributed by atoms with Crippen molar-refractivity contribution in [2.24, 2.45) is 0 Å². The molecule has 10 nitrogen and oxygen atoms in total. The van der Waals surface area contributed by atoms with Gasteiger partial charge in [0, 0.05) is 32.1 Å². The van der Waals surface area contributed by atoms with E-state index in [0.29, 0.717) is 25.1 Å². The number of benzene rings is 2. The number of nitro benzene ring substituents is 1. The second-order valence-corrected chi connectivity index (χ2v) is 7.60. The number of likely N-dealkylation sites (N-methyl/N-ethyl adjacent to an activating group) is 1. The molecule has 0 spiro atoms. The van der Waals surface area contributed by atoms with Crippen molar-refractivity contribution in [1.82, 2.24) is 14.8 Å². The van der Waals surface area contributed by atoms with Crippen LogP contribution < -0.4 is 15.8 Å². The van der Waals surface area contributed by atoms with Gasteiger partial charge in [-0.2, -0.15) is 0 Å². The molecule has 0 aliphatic carbocycles. The Morgan fingerprint density at radius 2 is 1.97 bits per heavy atom. The van der Waals surface area contributed by atoms with Gasteiger partial charge in [-0.05, 0) is 44.3 Å². The average Bonchev–Trinajstić information content (AvgIpc) is 3.07. The number of nitro groups is 1. The lowest BCUT2D eigenvalue weighted by Gasteiger charge is -2.11. The van der Waals surface area contributed by atoms with Crippen LogP contribution in [0.5, 0.6) is 5.75 Å². The Morgan fingerprint density at radius 3 is 2.66 bits per heavy atom. The van der Waals surface area contributed by atoms with E-state index in [4.69, 9.17) is 9.15 Å². The highest BCUT2D eigenvalue weighted by molar-refractivity contribution is 5.76. The van der Waals surface area contributed by atoms with Crippen LogP contribution in [0.2, 0.25) is 0 Å². The summed E-state index contributed by atoms with van der Waals surface area (Å²) in [4.78, 5) is 36.6. The zero-order chi connectivity index (χ0) is 23.1. The number of nitrogens with zero attached hydrogens (tertiary/aromatic N) is 3. The molecular formula is C22H26N4O6. The third-order valence-electron chi connectivity index (χ3n) is 4.87. The van der Waals surface area contributed by atoms with Crippen molar-refractivity contribution < 1.29 is 18.9 Å². The first-order chi connectivity index (χ1) is 15.3. The van der Waals surface area contributed by atoms with Crippen LogP contribution in [0.1, 0.15) is 18.4 Å². The molecule has 0 bridgehead atoms. The number of amides is 1. The summed E-state index contributed by atoms with van der Waals surface area (Å²) in [6.45, 7) is 2.11. The van der Waals surface area contributed by atoms with Crippen molar-refractivity contribution >= 4 is 22.7 Å². The van der Waals surface area contributed by atoms with Crippen molar-refractivity contribution in [1.29, 1.82) is 0 Å². The molecule has 3 rings (SSSR count). The fraction of sp³-hybridized carbons (Fsp3) is 0.364. The minimum Gasteiger partial charge on any atom is -0.492 e. The average molecular weight is 442 g/mol. The van der Waals surface area contributed by atoms with Crippen LogP contribution in [0.4, 0.5) is 5.69 Å². The van der Waals surface area contributed by atoms with Crippen LogP contribution in [0.15, 0.2) is 51.7 Å². The number of hydrogen-bond acceptors (Lipinski definition) is 7. The molecule has 1 aromatic heterocycles. The predicted octanol–water partition coefficient (Wildman–Crippen LogP) is 2.54. The van der Waals surface area contributed by atoms with Gasteiger partial charge in [0.2, 0.25) is 5.91 Å². The number of carbonyl (C=O) groups is 1. The van der Waals surface area contributed by atoms with Crippen LogP contribution in [0.3, 0.4) is 0 Å². The summed E-state index contributed by atoms with van der Waals surface area (Å²) in [6, 6.07) is 11.6. The Balaban J connectivity index is 1.45. The highest BCUT2D eigenvalue weighted by Crippen LogP contribution is 2.20. The lowest BCUT2D eigenvalue weighted by molar-refractivity contribution is -0.384. The Labute approximate surface area is 184 Å². The molecule has 3 aromatic rings. The molecule has 10 heteroatoms. The molecule has 1 heterocycles. The zero-order valence-electron chi connectivity index (χ0n) is 18.1. The van der Waals surface area contributed by atoms with Crippen molar-refractivity contribution in [3.63, 3.8) is 0 Å². The molecule has 0 saturated heterocycles. The Bertz CT molecular complexity index is 1130. The van der Waals surface area contributed by atoms with E-state index >= 15 is 0 Å². The van der Waals surface area contributed by atoms with Gasteiger partial charge in [-0.1, -0.05) is 12.1 Å². The minimum absolute atomic E-state index is 0.132. The van der Waals surface area contributed by atoms with Crippen molar-refractivity contribution in [3.05, 3.63) is 68.7 Å². The molecule has 0 atom stereocenters. The number of aromatic nitrogens is 1. The topological polar surface area (TPSA) is 120 Å². The molecule has 32 heavy (non-hydrogen) atoms. The summed E-state index contributed by atoms with van der Waals surface area (Å²) in [5.74, 6) is 0.0478.